The van der Waals surface area contributed by atoms with Crippen molar-refractivity contribution in [2.75, 3.05) is 6.54 Å². The summed E-state index contributed by atoms with van der Waals surface area (Å²) in [5.41, 5.74) is 3.98. The van der Waals surface area contributed by atoms with Crippen LogP contribution < -0.4 is 5.32 Å². The summed E-state index contributed by atoms with van der Waals surface area (Å²) in [4.78, 5) is 0. The first-order chi connectivity index (χ1) is 9.24. The fourth-order valence-electron chi connectivity index (χ4n) is 2.13. The molecular weight excluding hydrogens is 237 g/mol. The second kappa shape index (κ2) is 6.48. The van der Waals surface area contributed by atoms with Gasteiger partial charge in [-0.1, -0.05) is 44.2 Å². The third-order valence-corrected chi connectivity index (χ3v) is 3.26. The van der Waals surface area contributed by atoms with Crippen molar-refractivity contribution >= 4 is 0 Å². The van der Waals surface area contributed by atoms with Crippen LogP contribution in [0.4, 0.5) is 4.39 Å². The highest BCUT2D eigenvalue weighted by Gasteiger charge is 2.06. The number of aryl methyl sites for hydroxylation is 1. The van der Waals surface area contributed by atoms with E-state index in [1.807, 2.05) is 24.3 Å². The van der Waals surface area contributed by atoms with E-state index in [-0.39, 0.29) is 5.82 Å². The molecule has 0 bridgehead atoms. The Morgan fingerprint density at radius 1 is 1.00 bits per heavy atom. The van der Waals surface area contributed by atoms with E-state index in [9.17, 15) is 4.39 Å². The van der Waals surface area contributed by atoms with Gasteiger partial charge in [0.15, 0.2) is 0 Å². The molecule has 0 saturated carbocycles. The van der Waals surface area contributed by atoms with Crippen molar-refractivity contribution in [1.82, 2.24) is 5.32 Å². The van der Waals surface area contributed by atoms with Crippen LogP contribution in [0.3, 0.4) is 0 Å². The summed E-state index contributed by atoms with van der Waals surface area (Å²) in [6.45, 7) is 5.86. The summed E-state index contributed by atoms with van der Waals surface area (Å²) >= 11 is 0. The molecule has 0 aliphatic heterocycles. The molecule has 100 valence electrons. The highest BCUT2D eigenvalue weighted by atomic mass is 19.1. The first-order valence-electron chi connectivity index (χ1n) is 6.83. The SMILES string of the molecule is CCNCc1ccc(F)c(-c2cccc(CC)c2)c1. The maximum Gasteiger partial charge on any atom is 0.131 e. The van der Waals surface area contributed by atoms with E-state index in [2.05, 4.69) is 31.3 Å². The second-order valence-electron chi connectivity index (χ2n) is 4.65. The van der Waals surface area contributed by atoms with Gasteiger partial charge in [-0.05, 0) is 41.8 Å². The number of benzene rings is 2. The summed E-state index contributed by atoms with van der Waals surface area (Å²) in [5.74, 6) is -0.159. The van der Waals surface area contributed by atoms with Gasteiger partial charge >= 0.3 is 0 Å². The lowest BCUT2D eigenvalue weighted by Gasteiger charge is -2.09. The molecule has 0 aliphatic rings. The number of hydrogen-bond donors (Lipinski definition) is 1. The maximum absolute atomic E-state index is 14.0. The summed E-state index contributed by atoms with van der Waals surface area (Å²) in [5, 5.41) is 3.26. The van der Waals surface area contributed by atoms with Crippen molar-refractivity contribution in [3.63, 3.8) is 0 Å². The Kier molecular flexibility index (Phi) is 4.69. The van der Waals surface area contributed by atoms with E-state index < -0.39 is 0 Å². The van der Waals surface area contributed by atoms with E-state index in [1.165, 1.54) is 5.56 Å². The van der Waals surface area contributed by atoms with Crippen molar-refractivity contribution in [2.24, 2.45) is 0 Å². The molecular formula is C17H20FN. The Balaban J connectivity index is 2.36. The van der Waals surface area contributed by atoms with Crippen molar-refractivity contribution in [1.29, 1.82) is 0 Å². The Labute approximate surface area is 114 Å². The highest BCUT2D eigenvalue weighted by Crippen LogP contribution is 2.25. The van der Waals surface area contributed by atoms with Crippen molar-refractivity contribution in [2.45, 2.75) is 26.8 Å². The first-order valence-corrected chi connectivity index (χ1v) is 6.83. The third kappa shape index (κ3) is 3.42. The number of halogens is 1. The standard InChI is InChI=1S/C17H20FN/c1-3-13-6-5-7-15(10-13)16-11-14(12-19-4-2)8-9-17(16)18/h5-11,19H,3-4,12H2,1-2H3. The van der Waals surface area contributed by atoms with Crippen molar-refractivity contribution in [3.8, 4) is 11.1 Å². The minimum atomic E-state index is -0.159. The van der Waals surface area contributed by atoms with Gasteiger partial charge in [0.1, 0.15) is 5.82 Å². The highest BCUT2D eigenvalue weighted by molar-refractivity contribution is 5.65. The molecule has 2 rings (SSSR count). The third-order valence-electron chi connectivity index (χ3n) is 3.26. The van der Waals surface area contributed by atoms with Gasteiger partial charge in [-0.3, -0.25) is 0 Å². The van der Waals surface area contributed by atoms with Gasteiger partial charge in [0.05, 0.1) is 0 Å². The summed E-state index contributed by atoms with van der Waals surface area (Å²) in [6.07, 6.45) is 0.965. The molecule has 2 aromatic rings. The molecule has 2 heteroatoms. The normalized spacial score (nSPS) is 10.7. The second-order valence-corrected chi connectivity index (χ2v) is 4.65. The van der Waals surface area contributed by atoms with E-state index >= 15 is 0 Å². The van der Waals surface area contributed by atoms with Gasteiger partial charge in [0, 0.05) is 12.1 Å². The van der Waals surface area contributed by atoms with E-state index in [0.29, 0.717) is 5.56 Å². The molecule has 1 nitrogen and oxygen atoms in total. The van der Waals surface area contributed by atoms with Gasteiger partial charge < -0.3 is 5.32 Å². The van der Waals surface area contributed by atoms with Gasteiger partial charge in [-0.15, -0.1) is 0 Å². The van der Waals surface area contributed by atoms with Crippen LogP contribution in [0.1, 0.15) is 25.0 Å². The summed E-state index contributed by atoms with van der Waals surface area (Å²) in [6, 6.07) is 13.4. The van der Waals surface area contributed by atoms with Crippen LogP contribution in [0.5, 0.6) is 0 Å². The molecule has 0 aliphatic carbocycles. The van der Waals surface area contributed by atoms with Crippen LogP contribution in [0.2, 0.25) is 0 Å². The topological polar surface area (TPSA) is 12.0 Å². The molecule has 0 atom stereocenters. The molecule has 2 aromatic carbocycles. The molecule has 0 aromatic heterocycles. The molecule has 0 radical (unpaired) electrons. The lowest BCUT2D eigenvalue weighted by Crippen LogP contribution is -2.11. The average molecular weight is 257 g/mol. The monoisotopic (exact) mass is 257 g/mol. The zero-order valence-corrected chi connectivity index (χ0v) is 11.5. The first kappa shape index (κ1) is 13.8. The van der Waals surface area contributed by atoms with E-state index in [4.69, 9.17) is 0 Å². The molecule has 19 heavy (non-hydrogen) atoms. The average Bonchev–Trinajstić information content (AvgIpc) is 2.46. The number of rotatable bonds is 5. The van der Waals surface area contributed by atoms with Gasteiger partial charge in [-0.25, -0.2) is 4.39 Å². The van der Waals surface area contributed by atoms with Crippen LogP contribution in [0.15, 0.2) is 42.5 Å². The molecule has 0 fully saturated rings. The largest absolute Gasteiger partial charge is 0.313 e. The van der Waals surface area contributed by atoms with E-state index in [1.54, 1.807) is 6.07 Å². The molecule has 0 unspecified atom stereocenters. The van der Waals surface area contributed by atoms with Crippen LogP contribution in [-0.4, -0.2) is 6.54 Å². The quantitative estimate of drug-likeness (QED) is 0.848. The molecule has 0 saturated heterocycles. The lowest BCUT2D eigenvalue weighted by molar-refractivity contribution is 0.629. The van der Waals surface area contributed by atoms with Crippen molar-refractivity contribution < 1.29 is 4.39 Å². The summed E-state index contributed by atoms with van der Waals surface area (Å²) < 4.78 is 14.0. The van der Waals surface area contributed by atoms with Crippen LogP contribution in [-0.2, 0) is 13.0 Å². The van der Waals surface area contributed by atoms with Crippen LogP contribution in [0.25, 0.3) is 11.1 Å². The number of nitrogens with one attached hydrogen (secondary N) is 1. The summed E-state index contributed by atoms with van der Waals surface area (Å²) in [7, 11) is 0. The Hall–Kier alpha value is -1.67. The fraction of sp³-hybridized carbons (Fsp3) is 0.294. The van der Waals surface area contributed by atoms with Gasteiger partial charge in [0.25, 0.3) is 0 Å². The minimum absolute atomic E-state index is 0.159. The molecule has 1 N–H and O–H groups in total. The Morgan fingerprint density at radius 2 is 1.84 bits per heavy atom. The molecule has 0 spiro atoms. The van der Waals surface area contributed by atoms with Gasteiger partial charge in [-0.2, -0.15) is 0 Å². The van der Waals surface area contributed by atoms with Crippen molar-refractivity contribution in [3.05, 3.63) is 59.4 Å². The Bertz CT molecular complexity index is 549. The lowest BCUT2D eigenvalue weighted by atomic mass is 9.99. The molecule has 0 heterocycles. The molecule has 0 amide bonds. The van der Waals surface area contributed by atoms with E-state index in [0.717, 1.165) is 30.6 Å². The zero-order chi connectivity index (χ0) is 13.7. The fourth-order valence-corrected chi connectivity index (χ4v) is 2.13. The zero-order valence-electron chi connectivity index (χ0n) is 11.5. The van der Waals surface area contributed by atoms with Crippen LogP contribution in [0, 0.1) is 5.82 Å². The number of hydrogen-bond acceptors (Lipinski definition) is 1. The van der Waals surface area contributed by atoms with Gasteiger partial charge in [0.2, 0.25) is 0 Å². The minimum Gasteiger partial charge on any atom is -0.313 e. The predicted molar refractivity (Wildman–Crippen MR) is 78.6 cm³/mol. The Morgan fingerprint density at radius 3 is 2.58 bits per heavy atom. The maximum atomic E-state index is 14.0. The van der Waals surface area contributed by atoms with Crippen LogP contribution >= 0.6 is 0 Å². The smallest absolute Gasteiger partial charge is 0.131 e. The predicted octanol–water partition coefficient (Wildman–Crippen LogP) is 4.16.